The Morgan fingerprint density at radius 3 is 2.80 bits per heavy atom. The first-order valence-corrected chi connectivity index (χ1v) is 5.04. The van der Waals surface area contributed by atoms with E-state index in [1.807, 2.05) is 43.3 Å². The second-order valence-corrected chi connectivity index (χ2v) is 3.75. The molecule has 0 saturated carbocycles. The smallest absolute Gasteiger partial charge is 0.0799 e. The Balaban J connectivity index is 2.77. The summed E-state index contributed by atoms with van der Waals surface area (Å²) in [5, 5.41) is 9.84. The maximum Gasteiger partial charge on any atom is 0.0799 e. The minimum atomic E-state index is -0.457. The molecule has 0 saturated heterocycles. The lowest BCUT2D eigenvalue weighted by molar-refractivity contribution is 0.169. The molecular formula is C13H17NO. The van der Waals surface area contributed by atoms with Gasteiger partial charge < -0.3 is 10.0 Å². The molecule has 2 heteroatoms. The number of terminal acetylenes is 1. The van der Waals surface area contributed by atoms with Gasteiger partial charge >= 0.3 is 0 Å². The molecule has 80 valence electrons. The fraction of sp³-hybridized carbons (Fsp3) is 0.385. The number of anilines is 1. The van der Waals surface area contributed by atoms with Gasteiger partial charge in [-0.15, -0.1) is 12.3 Å². The third-order valence-corrected chi connectivity index (χ3v) is 2.33. The van der Waals surface area contributed by atoms with Crippen molar-refractivity contribution < 1.29 is 5.11 Å². The quantitative estimate of drug-likeness (QED) is 0.758. The monoisotopic (exact) mass is 203 g/mol. The van der Waals surface area contributed by atoms with E-state index in [1.165, 1.54) is 0 Å². The minimum Gasteiger partial charge on any atom is -0.388 e. The summed E-state index contributed by atoms with van der Waals surface area (Å²) in [4.78, 5) is 2.01. The topological polar surface area (TPSA) is 23.5 Å². The van der Waals surface area contributed by atoms with Crippen LogP contribution < -0.4 is 4.90 Å². The highest BCUT2D eigenvalue weighted by Gasteiger charge is 2.07. The van der Waals surface area contributed by atoms with Crippen LogP contribution in [0.25, 0.3) is 0 Å². The Morgan fingerprint density at radius 1 is 1.47 bits per heavy atom. The fourth-order valence-electron chi connectivity index (χ4n) is 1.40. The van der Waals surface area contributed by atoms with Crippen molar-refractivity contribution in [2.75, 3.05) is 19.0 Å². The molecule has 1 unspecified atom stereocenters. The summed E-state index contributed by atoms with van der Waals surface area (Å²) in [5.41, 5.74) is 2.02. The summed E-state index contributed by atoms with van der Waals surface area (Å²) in [6, 6.07) is 7.87. The lowest BCUT2D eigenvalue weighted by atomic mass is 10.0. The number of aliphatic hydroxyl groups is 1. The molecule has 0 amide bonds. The third kappa shape index (κ3) is 3.30. The Morgan fingerprint density at radius 2 is 2.20 bits per heavy atom. The summed E-state index contributed by atoms with van der Waals surface area (Å²) >= 11 is 0. The molecular weight excluding hydrogens is 186 g/mol. The third-order valence-electron chi connectivity index (χ3n) is 2.33. The number of aliphatic hydroxyl groups excluding tert-OH is 1. The Hall–Kier alpha value is -1.46. The van der Waals surface area contributed by atoms with E-state index in [0.29, 0.717) is 12.8 Å². The van der Waals surface area contributed by atoms with Gasteiger partial charge in [-0.2, -0.15) is 0 Å². The number of benzene rings is 1. The zero-order valence-electron chi connectivity index (χ0n) is 9.27. The molecule has 15 heavy (non-hydrogen) atoms. The number of hydrogen-bond donors (Lipinski definition) is 1. The summed E-state index contributed by atoms with van der Waals surface area (Å²) in [7, 11) is 3.96. The van der Waals surface area contributed by atoms with E-state index >= 15 is 0 Å². The average molecular weight is 203 g/mol. The normalized spacial score (nSPS) is 11.9. The standard InChI is InChI=1S/C13H17NO/c1-4-5-9-13(15)11-7-6-8-12(10-11)14(2)3/h1,6-8,10,13,15H,5,9H2,2-3H3. The van der Waals surface area contributed by atoms with Crippen molar-refractivity contribution in [3.05, 3.63) is 29.8 Å². The van der Waals surface area contributed by atoms with Crippen molar-refractivity contribution in [2.24, 2.45) is 0 Å². The molecule has 1 atom stereocenters. The molecule has 1 aromatic carbocycles. The molecule has 0 aliphatic heterocycles. The Kier molecular flexibility index (Phi) is 4.20. The van der Waals surface area contributed by atoms with Crippen LogP contribution in [-0.4, -0.2) is 19.2 Å². The summed E-state index contributed by atoms with van der Waals surface area (Å²) < 4.78 is 0. The first-order valence-electron chi connectivity index (χ1n) is 5.04. The highest BCUT2D eigenvalue weighted by Crippen LogP contribution is 2.22. The fourth-order valence-corrected chi connectivity index (χ4v) is 1.40. The van der Waals surface area contributed by atoms with E-state index in [2.05, 4.69) is 5.92 Å². The van der Waals surface area contributed by atoms with Crippen LogP contribution in [0.15, 0.2) is 24.3 Å². The first kappa shape index (κ1) is 11.6. The van der Waals surface area contributed by atoms with Gasteiger partial charge in [-0.05, 0) is 24.1 Å². The van der Waals surface area contributed by atoms with Gasteiger partial charge in [0.25, 0.3) is 0 Å². The highest BCUT2D eigenvalue weighted by atomic mass is 16.3. The van der Waals surface area contributed by atoms with E-state index in [-0.39, 0.29) is 0 Å². The van der Waals surface area contributed by atoms with Crippen molar-refractivity contribution in [3.63, 3.8) is 0 Å². The van der Waals surface area contributed by atoms with Gasteiger partial charge in [-0.1, -0.05) is 12.1 Å². The molecule has 0 radical (unpaired) electrons. The number of rotatable bonds is 4. The largest absolute Gasteiger partial charge is 0.388 e. The van der Waals surface area contributed by atoms with Crippen LogP contribution in [0.5, 0.6) is 0 Å². The molecule has 0 fully saturated rings. The predicted molar refractivity (Wildman–Crippen MR) is 63.8 cm³/mol. The molecule has 0 aromatic heterocycles. The van der Waals surface area contributed by atoms with Crippen LogP contribution in [0.1, 0.15) is 24.5 Å². The van der Waals surface area contributed by atoms with Crippen LogP contribution in [0.2, 0.25) is 0 Å². The van der Waals surface area contributed by atoms with Crippen LogP contribution in [-0.2, 0) is 0 Å². The number of nitrogens with zero attached hydrogens (tertiary/aromatic N) is 1. The van der Waals surface area contributed by atoms with Crippen LogP contribution in [0.3, 0.4) is 0 Å². The van der Waals surface area contributed by atoms with E-state index in [9.17, 15) is 5.11 Å². The van der Waals surface area contributed by atoms with Gasteiger partial charge in [0, 0.05) is 26.2 Å². The minimum absolute atomic E-state index is 0.457. The molecule has 1 N–H and O–H groups in total. The van der Waals surface area contributed by atoms with Gasteiger partial charge in [-0.3, -0.25) is 0 Å². The molecule has 1 aromatic rings. The van der Waals surface area contributed by atoms with Gasteiger partial charge in [-0.25, -0.2) is 0 Å². The van der Waals surface area contributed by atoms with Gasteiger partial charge in [0.15, 0.2) is 0 Å². The Labute approximate surface area is 91.5 Å². The Bertz CT molecular complexity index is 352. The number of hydrogen-bond acceptors (Lipinski definition) is 2. The van der Waals surface area contributed by atoms with E-state index in [0.717, 1.165) is 11.3 Å². The molecule has 0 aliphatic carbocycles. The van der Waals surface area contributed by atoms with Crippen LogP contribution in [0, 0.1) is 12.3 Å². The van der Waals surface area contributed by atoms with E-state index < -0.39 is 6.10 Å². The average Bonchev–Trinajstić information content (AvgIpc) is 2.26. The molecule has 0 heterocycles. The summed E-state index contributed by atoms with van der Waals surface area (Å²) in [5.74, 6) is 2.54. The predicted octanol–water partition coefficient (Wildman–Crippen LogP) is 2.20. The van der Waals surface area contributed by atoms with E-state index in [1.54, 1.807) is 0 Å². The lowest BCUT2D eigenvalue weighted by Gasteiger charge is -2.15. The molecule has 0 spiro atoms. The zero-order chi connectivity index (χ0) is 11.3. The van der Waals surface area contributed by atoms with Crippen molar-refractivity contribution in [1.82, 2.24) is 0 Å². The summed E-state index contributed by atoms with van der Waals surface area (Å²) in [6.45, 7) is 0. The SMILES string of the molecule is C#CCCC(O)c1cccc(N(C)C)c1. The van der Waals surface area contributed by atoms with Crippen molar-refractivity contribution in [3.8, 4) is 12.3 Å². The van der Waals surface area contributed by atoms with Crippen molar-refractivity contribution >= 4 is 5.69 Å². The van der Waals surface area contributed by atoms with Gasteiger partial charge in [0.05, 0.1) is 6.10 Å². The maximum absolute atomic E-state index is 9.84. The molecule has 2 nitrogen and oxygen atoms in total. The van der Waals surface area contributed by atoms with E-state index in [4.69, 9.17) is 6.42 Å². The second kappa shape index (κ2) is 5.43. The van der Waals surface area contributed by atoms with Crippen molar-refractivity contribution in [2.45, 2.75) is 18.9 Å². The second-order valence-electron chi connectivity index (χ2n) is 3.75. The summed E-state index contributed by atoms with van der Waals surface area (Å²) in [6.07, 6.45) is 5.93. The first-order chi connectivity index (χ1) is 7.15. The maximum atomic E-state index is 9.84. The van der Waals surface area contributed by atoms with Gasteiger partial charge in [0.1, 0.15) is 0 Å². The van der Waals surface area contributed by atoms with Gasteiger partial charge in [0.2, 0.25) is 0 Å². The molecule has 0 aliphatic rings. The highest BCUT2D eigenvalue weighted by molar-refractivity contribution is 5.47. The zero-order valence-corrected chi connectivity index (χ0v) is 9.27. The van der Waals surface area contributed by atoms with Crippen LogP contribution >= 0.6 is 0 Å². The molecule has 1 rings (SSSR count). The van der Waals surface area contributed by atoms with Crippen LogP contribution in [0.4, 0.5) is 5.69 Å². The van der Waals surface area contributed by atoms with Crippen molar-refractivity contribution in [1.29, 1.82) is 0 Å². The lowest BCUT2D eigenvalue weighted by Crippen LogP contribution is -2.09. The molecule has 0 bridgehead atoms.